The monoisotopic (exact) mass is 258 g/mol. The molecule has 1 aliphatic carbocycles. The van der Waals surface area contributed by atoms with Crippen molar-refractivity contribution in [1.29, 1.82) is 0 Å². The lowest BCUT2D eigenvalue weighted by atomic mass is 10.1. The van der Waals surface area contributed by atoms with Gasteiger partial charge in [0.2, 0.25) is 0 Å². The molecular formula is C16H22N2O. The number of nitrogens with one attached hydrogen (secondary N) is 2. The maximum Gasteiger partial charge on any atom is 0.319 e. The van der Waals surface area contributed by atoms with Crippen LogP contribution in [0.1, 0.15) is 44.2 Å². The van der Waals surface area contributed by atoms with Crippen LogP contribution in [0, 0.1) is 5.92 Å². The molecule has 2 amide bonds. The fraction of sp³-hybridized carbons (Fsp3) is 0.438. The highest BCUT2D eigenvalue weighted by Gasteiger charge is 2.11. The lowest BCUT2D eigenvalue weighted by Crippen LogP contribution is -2.34. The third kappa shape index (κ3) is 4.43. The molecule has 0 heterocycles. The van der Waals surface area contributed by atoms with Crippen LogP contribution < -0.4 is 10.6 Å². The Morgan fingerprint density at radius 2 is 1.95 bits per heavy atom. The van der Waals surface area contributed by atoms with Crippen LogP contribution in [-0.4, -0.2) is 6.03 Å². The molecule has 0 aromatic heterocycles. The maximum atomic E-state index is 11.7. The van der Waals surface area contributed by atoms with Gasteiger partial charge in [0.1, 0.15) is 0 Å². The van der Waals surface area contributed by atoms with Gasteiger partial charge < -0.3 is 10.6 Å². The summed E-state index contributed by atoms with van der Waals surface area (Å²) in [5.74, 6) is 0.645. The second-order valence-corrected chi connectivity index (χ2v) is 5.15. The van der Waals surface area contributed by atoms with E-state index in [9.17, 15) is 4.79 Å². The number of benzene rings is 1. The Kier molecular flexibility index (Phi) is 5.01. The van der Waals surface area contributed by atoms with E-state index in [1.165, 1.54) is 25.7 Å². The van der Waals surface area contributed by atoms with E-state index in [2.05, 4.69) is 16.7 Å². The first kappa shape index (κ1) is 13.7. The van der Waals surface area contributed by atoms with Crippen molar-refractivity contribution in [3.63, 3.8) is 0 Å². The van der Waals surface area contributed by atoms with E-state index >= 15 is 0 Å². The summed E-state index contributed by atoms with van der Waals surface area (Å²) in [4.78, 5) is 11.7. The van der Waals surface area contributed by atoms with Gasteiger partial charge in [0.05, 0.1) is 6.04 Å². The van der Waals surface area contributed by atoms with Crippen LogP contribution in [0.2, 0.25) is 0 Å². The molecule has 3 nitrogen and oxygen atoms in total. The van der Waals surface area contributed by atoms with Gasteiger partial charge in [-0.15, -0.1) is 0 Å². The number of hydrogen-bond acceptors (Lipinski definition) is 1. The average molecular weight is 258 g/mol. The fourth-order valence-corrected chi connectivity index (χ4v) is 2.47. The van der Waals surface area contributed by atoms with Crippen molar-refractivity contribution in [3.05, 3.63) is 48.2 Å². The van der Waals surface area contributed by atoms with E-state index in [-0.39, 0.29) is 12.1 Å². The van der Waals surface area contributed by atoms with Crippen LogP contribution in [0.15, 0.2) is 42.6 Å². The number of urea groups is 1. The minimum absolute atomic E-state index is 0.0149. The van der Waals surface area contributed by atoms with Gasteiger partial charge in [-0.05, 0) is 31.2 Å². The van der Waals surface area contributed by atoms with Crippen LogP contribution in [0.5, 0.6) is 0 Å². The molecule has 1 fully saturated rings. The van der Waals surface area contributed by atoms with Crippen molar-refractivity contribution in [1.82, 2.24) is 10.6 Å². The molecule has 0 aliphatic heterocycles. The van der Waals surface area contributed by atoms with Gasteiger partial charge in [0, 0.05) is 6.20 Å². The smallest absolute Gasteiger partial charge is 0.319 e. The number of rotatable bonds is 4. The van der Waals surface area contributed by atoms with E-state index in [1.54, 1.807) is 6.20 Å². The van der Waals surface area contributed by atoms with Crippen LogP contribution in [0.25, 0.3) is 0 Å². The highest BCUT2D eigenvalue weighted by atomic mass is 16.2. The van der Waals surface area contributed by atoms with Gasteiger partial charge in [0.25, 0.3) is 0 Å². The number of carbonyl (C=O) groups excluding carboxylic acids is 1. The molecular weight excluding hydrogens is 236 g/mol. The van der Waals surface area contributed by atoms with E-state index in [0.717, 1.165) is 5.56 Å². The zero-order valence-corrected chi connectivity index (χ0v) is 11.4. The molecule has 3 heteroatoms. The molecule has 0 bridgehead atoms. The summed E-state index contributed by atoms with van der Waals surface area (Å²) >= 11 is 0. The van der Waals surface area contributed by atoms with Gasteiger partial charge in [0.15, 0.2) is 0 Å². The molecule has 1 unspecified atom stereocenters. The topological polar surface area (TPSA) is 41.1 Å². The van der Waals surface area contributed by atoms with E-state index in [0.29, 0.717) is 5.92 Å². The summed E-state index contributed by atoms with van der Waals surface area (Å²) in [7, 11) is 0. The predicted octanol–water partition coefficient (Wildman–Crippen LogP) is 3.75. The second-order valence-electron chi connectivity index (χ2n) is 5.15. The summed E-state index contributed by atoms with van der Waals surface area (Å²) in [6, 6.07) is 9.82. The molecule has 1 aliphatic rings. The Morgan fingerprint density at radius 1 is 1.26 bits per heavy atom. The lowest BCUT2D eigenvalue weighted by Gasteiger charge is -2.13. The third-order valence-electron chi connectivity index (χ3n) is 3.63. The Balaban J connectivity index is 1.74. The molecule has 1 saturated carbocycles. The van der Waals surface area contributed by atoms with Crippen molar-refractivity contribution < 1.29 is 4.79 Å². The minimum atomic E-state index is -0.148. The summed E-state index contributed by atoms with van der Waals surface area (Å²) in [6.07, 6.45) is 9.02. The van der Waals surface area contributed by atoms with E-state index in [4.69, 9.17) is 0 Å². The van der Waals surface area contributed by atoms with Crippen LogP contribution in [0.3, 0.4) is 0 Å². The quantitative estimate of drug-likeness (QED) is 0.848. The molecule has 1 atom stereocenters. The Labute approximate surface area is 115 Å². The van der Waals surface area contributed by atoms with Crippen molar-refractivity contribution in [2.45, 2.75) is 38.6 Å². The van der Waals surface area contributed by atoms with E-state index < -0.39 is 0 Å². The fourth-order valence-electron chi connectivity index (χ4n) is 2.47. The highest BCUT2D eigenvalue weighted by Crippen LogP contribution is 2.25. The van der Waals surface area contributed by atoms with Crippen molar-refractivity contribution in [2.75, 3.05) is 0 Å². The normalized spacial score (nSPS) is 17.5. The number of amides is 2. The van der Waals surface area contributed by atoms with Gasteiger partial charge in [-0.2, -0.15) is 0 Å². The minimum Gasteiger partial charge on any atom is -0.331 e. The first-order valence-electron chi connectivity index (χ1n) is 7.04. The van der Waals surface area contributed by atoms with E-state index in [1.807, 2.05) is 37.3 Å². The van der Waals surface area contributed by atoms with Gasteiger partial charge in [-0.3, -0.25) is 0 Å². The molecule has 1 aromatic rings. The summed E-state index contributed by atoms with van der Waals surface area (Å²) in [5.41, 5.74) is 1.11. The maximum absolute atomic E-state index is 11.7. The second kappa shape index (κ2) is 6.98. The predicted molar refractivity (Wildman–Crippen MR) is 77.6 cm³/mol. The number of allylic oxidation sites excluding steroid dienone is 1. The Bertz CT molecular complexity index is 422. The molecule has 2 N–H and O–H groups in total. The first-order valence-corrected chi connectivity index (χ1v) is 7.04. The Hall–Kier alpha value is -1.77. The lowest BCUT2D eigenvalue weighted by molar-refractivity contribution is 0.241. The van der Waals surface area contributed by atoms with Gasteiger partial charge in [-0.25, -0.2) is 4.79 Å². The van der Waals surface area contributed by atoms with Crippen LogP contribution in [0.4, 0.5) is 4.79 Å². The molecule has 2 rings (SSSR count). The largest absolute Gasteiger partial charge is 0.331 e. The Morgan fingerprint density at radius 3 is 2.63 bits per heavy atom. The van der Waals surface area contributed by atoms with Crippen molar-refractivity contribution in [3.8, 4) is 0 Å². The van der Waals surface area contributed by atoms with Crippen LogP contribution in [-0.2, 0) is 0 Å². The molecule has 0 spiro atoms. The zero-order chi connectivity index (χ0) is 13.5. The molecule has 0 saturated heterocycles. The standard InChI is InChI=1S/C16H22N2O/c1-13(15-9-3-2-4-10-15)18-16(19)17-12-11-14-7-5-6-8-14/h2-4,9-14H,5-8H2,1H3,(H2,17,18,19)/b12-11+. The molecule has 19 heavy (non-hydrogen) atoms. The number of hydrogen-bond donors (Lipinski definition) is 2. The molecule has 1 aromatic carbocycles. The highest BCUT2D eigenvalue weighted by molar-refractivity contribution is 5.75. The summed E-state index contributed by atoms with van der Waals surface area (Å²) in [6.45, 7) is 1.98. The van der Waals surface area contributed by atoms with Crippen molar-refractivity contribution >= 4 is 6.03 Å². The van der Waals surface area contributed by atoms with Crippen molar-refractivity contribution in [2.24, 2.45) is 5.92 Å². The van der Waals surface area contributed by atoms with Crippen LogP contribution >= 0.6 is 0 Å². The average Bonchev–Trinajstić information content (AvgIpc) is 2.93. The molecule has 102 valence electrons. The SMILES string of the molecule is CC(NC(=O)N/C=C/C1CCCC1)c1ccccc1. The zero-order valence-electron chi connectivity index (χ0n) is 11.4. The third-order valence-corrected chi connectivity index (χ3v) is 3.63. The summed E-state index contributed by atoms with van der Waals surface area (Å²) < 4.78 is 0. The number of carbonyl (C=O) groups is 1. The van der Waals surface area contributed by atoms with Gasteiger partial charge in [-0.1, -0.05) is 49.2 Å². The van der Waals surface area contributed by atoms with Gasteiger partial charge >= 0.3 is 6.03 Å². The molecule has 0 radical (unpaired) electrons. The summed E-state index contributed by atoms with van der Waals surface area (Å²) in [5, 5.41) is 5.70. The first-order chi connectivity index (χ1) is 9.25.